The number of halogens is 3. The van der Waals surface area contributed by atoms with Crippen molar-refractivity contribution in [2.75, 3.05) is 20.5 Å². The highest BCUT2D eigenvalue weighted by Crippen LogP contribution is 2.69. The van der Waals surface area contributed by atoms with Crippen molar-refractivity contribution in [1.82, 2.24) is 0 Å². The highest BCUT2D eigenvalue weighted by molar-refractivity contribution is 7.87. The summed E-state index contributed by atoms with van der Waals surface area (Å²) in [7, 11) is -4.14. The molecule has 0 unspecified atom stereocenters. The summed E-state index contributed by atoms with van der Waals surface area (Å²) in [5.74, 6) is 0.718. The molecule has 234 valence electrons. The average Bonchev–Trinajstić information content (AvgIpc) is 3.37. The Balaban J connectivity index is 1.51. The smallest absolute Gasteiger partial charge is 0.396 e. The summed E-state index contributed by atoms with van der Waals surface area (Å²) in [6, 6.07) is 0. The van der Waals surface area contributed by atoms with Crippen LogP contribution in [0.5, 0.6) is 0 Å². The van der Waals surface area contributed by atoms with Crippen LogP contribution in [0.25, 0.3) is 0 Å². The SMILES string of the molecule is COCOC(C)(C)[C@@H](C)C=C[C@@H](C)[C@H]1CC[C@H]2C(=C[C@@H](CO)[C@]34C[C@H]3CC=C4OS(=O)(=O)C(F)(F)F)CCC[C@]12C. The molecule has 4 aliphatic rings. The Morgan fingerprint density at radius 3 is 2.51 bits per heavy atom. The lowest BCUT2D eigenvalue weighted by Gasteiger charge is -2.44. The van der Waals surface area contributed by atoms with E-state index in [1.54, 1.807) is 7.11 Å². The molecule has 41 heavy (non-hydrogen) atoms. The second-order valence-electron chi connectivity index (χ2n) is 13.5. The Hall–Kier alpha value is -1.36. The number of hydrogen-bond donors (Lipinski definition) is 1. The maximum atomic E-state index is 13.1. The fraction of sp³-hybridized carbons (Fsp3) is 0.806. The van der Waals surface area contributed by atoms with Gasteiger partial charge < -0.3 is 18.8 Å². The molecule has 4 aliphatic carbocycles. The van der Waals surface area contributed by atoms with Gasteiger partial charge in [0.15, 0.2) is 0 Å². The van der Waals surface area contributed by atoms with E-state index in [1.165, 1.54) is 11.6 Å². The molecule has 0 radical (unpaired) electrons. The molecule has 0 saturated heterocycles. The van der Waals surface area contributed by atoms with Gasteiger partial charge in [-0.1, -0.05) is 44.6 Å². The minimum atomic E-state index is -5.76. The van der Waals surface area contributed by atoms with E-state index in [-0.39, 0.29) is 42.0 Å². The van der Waals surface area contributed by atoms with Crippen LogP contribution in [0.2, 0.25) is 0 Å². The van der Waals surface area contributed by atoms with Crippen LogP contribution in [0.3, 0.4) is 0 Å². The zero-order valence-electron chi connectivity index (χ0n) is 25.2. The Kier molecular flexibility index (Phi) is 9.23. The van der Waals surface area contributed by atoms with Gasteiger partial charge in [-0.25, -0.2) is 0 Å². The first kappa shape index (κ1) is 32.6. The van der Waals surface area contributed by atoms with Crippen molar-refractivity contribution in [3.8, 4) is 0 Å². The maximum absolute atomic E-state index is 13.1. The molecule has 1 N–H and O–H groups in total. The van der Waals surface area contributed by atoms with Crippen molar-refractivity contribution in [3.63, 3.8) is 0 Å². The van der Waals surface area contributed by atoms with Gasteiger partial charge in [0.05, 0.1) is 12.2 Å². The molecule has 4 rings (SSSR count). The monoisotopic (exact) mass is 604 g/mol. The van der Waals surface area contributed by atoms with Gasteiger partial charge in [-0.05, 0) is 94.0 Å². The fourth-order valence-corrected chi connectivity index (χ4v) is 8.67. The van der Waals surface area contributed by atoms with Crippen molar-refractivity contribution in [1.29, 1.82) is 0 Å². The van der Waals surface area contributed by atoms with Crippen molar-refractivity contribution >= 4 is 10.1 Å². The lowest BCUT2D eigenvalue weighted by Crippen LogP contribution is -2.36. The second-order valence-corrected chi connectivity index (χ2v) is 15.1. The van der Waals surface area contributed by atoms with Crippen LogP contribution in [0, 0.1) is 46.3 Å². The van der Waals surface area contributed by atoms with Crippen molar-refractivity contribution in [2.24, 2.45) is 46.3 Å². The van der Waals surface area contributed by atoms with Crippen LogP contribution in [0.1, 0.15) is 79.6 Å². The summed E-state index contributed by atoms with van der Waals surface area (Å²) >= 11 is 0. The molecule has 0 aromatic rings. The Morgan fingerprint density at radius 2 is 1.90 bits per heavy atom. The molecule has 8 atom stereocenters. The number of ether oxygens (including phenoxy) is 2. The highest BCUT2D eigenvalue weighted by atomic mass is 32.2. The summed E-state index contributed by atoms with van der Waals surface area (Å²) in [6.07, 6.45) is 14.2. The van der Waals surface area contributed by atoms with Gasteiger partial charge in [-0.15, -0.1) is 0 Å². The zero-order chi connectivity index (χ0) is 30.4. The quantitative estimate of drug-likeness (QED) is 0.111. The number of alkyl halides is 3. The van der Waals surface area contributed by atoms with E-state index >= 15 is 0 Å². The van der Waals surface area contributed by atoms with E-state index in [2.05, 4.69) is 57.0 Å². The standard InChI is InChI=1S/C31H47F3O6S/c1-20(9-10-21(2)28(3,4)39-19-38-6)25-12-13-26-22(8-7-15-29(25,26)5)16-24(18-35)30-17-23(30)11-14-27(30)40-41(36,37)31(32,33)34/h9-10,14,16,20-21,23-26,35H,7-8,11-13,15,17-19H2,1-6H3/t20-,21+,23-,24+,25-,26+,29-,30+/m1/s1. The summed E-state index contributed by atoms with van der Waals surface area (Å²) in [5.41, 5.74) is -5.40. The van der Waals surface area contributed by atoms with Crippen LogP contribution in [-0.4, -0.2) is 45.1 Å². The van der Waals surface area contributed by atoms with Gasteiger partial charge in [0.25, 0.3) is 0 Å². The molecule has 0 aromatic heterocycles. The molecule has 3 fully saturated rings. The molecule has 0 heterocycles. The van der Waals surface area contributed by atoms with E-state index < -0.39 is 27.0 Å². The van der Waals surface area contributed by atoms with E-state index in [9.17, 15) is 26.7 Å². The summed E-state index contributed by atoms with van der Waals surface area (Å²) in [4.78, 5) is 0. The largest absolute Gasteiger partial charge is 0.534 e. The van der Waals surface area contributed by atoms with Gasteiger partial charge in [-0.3, -0.25) is 0 Å². The minimum absolute atomic E-state index is 0.00879. The van der Waals surface area contributed by atoms with E-state index in [1.807, 2.05) is 0 Å². The van der Waals surface area contributed by atoms with Crippen LogP contribution in [0.15, 0.2) is 35.6 Å². The molecule has 6 nitrogen and oxygen atoms in total. The molecule has 0 aromatic carbocycles. The number of allylic oxidation sites excluding steroid dienone is 4. The van der Waals surface area contributed by atoms with E-state index in [4.69, 9.17) is 9.47 Å². The highest BCUT2D eigenvalue weighted by Gasteiger charge is 2.66. The molecule has 0 aliphatic heterocycles. The van der Waals surface area contributed by atoms with Crippen molar-refractivity contribution in [3.05, 3.63) is 35.6 Å². The van der Waals surface area contributed by atoms with E-state index in [0.717, 1.165) is 32.1 Å². The zero-order valence-corrected chi connectivity index (χ0v) is 26.0. The number of aliphatic hydroxyl groups is 1. The predicted molar refractivity (Wildman–Crippen MR) is 151 cm³/mol. The summed E-state index contributed by atoms with van der Waals surface area (Å²) in [5, 5.41) is 10.4. The van der Waals surface area contributed by atoms with Crippen molar-refractivity contribution < 1.29 is 40.4 Å². The third-order valence-electron chi connectivity index (χ3n) is 11.0. The maximum Gasteiger partial charge on any atom is 0.534 e. The third kappa shape index (κ3) is 6.04. The van der Waals surface area contributed by atoms with Gasteiger partial charge in [0.1, 0.15) is 12.6 Å². The number of aliphatic hydroxyl groups excluding tert-OH is 1. The Labute approximate surface area is 243 Å². The summed E-state index contributed by atoms with van der Waals surface area (Å²) < 4.78 is 78.5. The Morgan fingerprint density at radius 1 is 1.20 bits per heavy atom. The molecule has 0 spiro atoms. The normalized spacial score (nSPS) is 35.2. The van der Waals surface area contributed by atoms with E-state index in [0.29, 0.717) is 30.6 Å². The first-order chi connectivity index (χ1) is 19.0. The number of rotatable bonds is 12. The lowest BCUT2D eigenvalue weighted by atomic mass is 9.60. The van der Waals surface area contributed by atoms with Gasteiger partial charge in [0.2, 0.25) is 0 Å². The topological polar surface area (TPSA) is 82.1 Å². The van der Waals surface area contributed by atoms with Gasteiger partial charge in [0, 0.05) is 24.4 Å². The molecule has 0 bridgehead atoms. The lowest BCUT2D eigenvalue weighted by molar-refractivity contribution is -0.128. The molecule has 3 saturated carbocycles. The fourth-order valence-electron chi connectivity index (χ4n) is 8.11. The minimum Gasteiger partial charge on any atom is -0.396 e. The molecule has 0 amide bonds. The second kappa shape index (κ2) is 11.6. The third-order valence-corrected chi connectivity index (χ3v) is 11.9. The van der Waals surface area contributed by atoms with Gasteiger partial charge in [-0.2, -0.15) is 21.6 Å². The summed E-state index contributed by atoms with van der Waals surface area (Å²) in [6.45, 7) is 10.9. The van der Waals surface area contributed by atoms with Crippen LogP contribution >= 0.6 is 0 Å². The first-order valence-electron chi connectivity index (χ1n) is 14.9. The number of fused-ring (bicyclic) bond motifs is 2. The average molecular weight is 605 g/mol. The van der Waals surface area contributed by atoms with Crippen LogP contribution < -0.4 is 0 Å². The van der Waals surface area contributed by atoms with Crippen LogP contribution in [0.4, 0.5) is 13.2 Å². The number of methoxy groups -OCH3 is 1. The Bertz CT molecular complexity index is 1160. The molecular weight excluding hydrogens is 557 g/mol. The number of hydrogen-bond acceptors (Lipinski definition) is 6. The first-order valence-corrected chi connectivity index (χ1v) is 16.3. The molecule has 10 heteroatoms. The van der Waals surface area contributed by atoms with Crippen molar-refractivity contribution in [2.45, 2.75) is 90.7 Å². The molecular formula is C31H47F3O6S. The predicted octanol–water partition coefficient (Wildman–Crippen LogP) is 7.13. The van der Waals surface area contributed by atoms with Gasteiger partial charge >= 0.3 is 15.6 Å². The van der Waals surface area contributed by atoms with Crippen LogP contribution in [-0.2, 0) is 23.8 Å².